The van der Waals surface area contributed by atoms with Crippen molar-refractivity contribution in [2.75, 3.05) is 19.8 Å². The Kier molecular flexibility index (Phi) is 16.1. The fourth-order valence-corrected chi connectivity index (χ4v) is 14.3. The van der Waals surface area contributed by atoms with Crippen molar-refractivity contribution in [3.05, 3.63) is 11.6 Å². The Morgan fingerprint density at radius 2 is 1.29 bits per heavy atom. The molecule has 6 fully saturated rings. The molecule has 0 radical (unpaired) electrons. The second-order valence-corrected chi connectivity index (χ2v) is 23.5. The summed E-state index contributed by atoms with van der Waals surface area (Å²) in [5.41, 5.74) is -2.16. The van der Waals surface area contributed by atoms with Crippen LogP contribution in [0.3, 0.4) is 0 Å². The van der Waals surface area contributed by atoms with Crippen LogP contribution in [0.1, 0.15) is 107 Å². The first-order valence-electron chi connectivity index (χ1n) is 24.9. The molecule has 0 aromatic carbocycles. The van der Waals surface area contributed by atoms with E-state index >= 15 is 0 Å². The maximum absolute atomic E-state index is 12.6. The molecule has 0 bridgehead atoms. The van der Waals surface area contributed by atoms with Crippen LogP contribution in [-0.2, 0) is 28.4 Å². The molecule has 3 aliphatic heterocycles. The van der Waals surface area contributed by atoms with E-state index in [0.717, 1.165) is 18.4 Å². The second-order valence-electron chi connectivity index (χ2n) is 23.5. The number of hydrogen-bond acceptors (Lipinski definition) is 19. The lowest BCUT2D eigenvalue weighted by atomic mass is 9.38. The van der Waals surface area contributed by atoms with E-state index in [0.29, 0.717) is 25.7 Å². The van der Waals surface area contributed by atoms with Gasteiger partial charge < -0.3 is 94.8 Å². The Bertz CT molecular complexity index is 1740. The molecule has 26 atom stereocenters. The van der Waals surface area contributed by atoms with E-state index in [1.54, 1.807) is 6.92 Å². The van der Waals surface area contributed by atoms with Gasteiger partial charge in [0.1, 0.15) is 54.9 Å². The van der Waals surface area contributed by atoms with E-state index in [9.17, 15) is 66.4 Å². The maximum atomic E-state index is 12.6. The van der Waals surface area contributed by atoms with Crippen LogP contribution in [0.5, 0.6) is 0 Å². The highest BCUT2D eigenvalue weighted by Gasteiger charge is 2.70. The average Bonchev–Trinajstić information content (AvgIpc) is 3.55. The van der Waals surface area contributed by atoms with Crippen LogP contribution in [0.4, 0.5) is 0 Å². The summed E-state index contributed by atoms with van der Waals surface area (Å²) in [6.07, 6.45) is -17.1. The molecule has 0 amide bonds. The molecule has 3 saturated heterocycles. The van der Waals surface area contributed by atoms with Crippen molar-refractivity contribution < 1.29 is 94.8 Å². The van der Waals surface area contributed by atoms with Gasteiger partial charge in [-0.2, -0.15) is 0 Å². The lowest BCUT2D eigenvalue weighted by molar-refractivity contribution is -0.339. The van der Waals surface area contributed by atoms with Crippen molar-refractivity contribution >= 4 is 0 Å². The first-order chi connectivity index (χ1) is 31.6. The van der Waals surface area contributed by atoms with Gasteiger partial charge in [-0.25, -0.2) is 0 Å². The van der Waals surface area contributed by atoms with E-state index in [2.05, 4.69) is 40.7 Å². The predicted molar refractivity (Wildman–Crippen MR) is 240 cm³/mol. The Balaban J connectivity index is 1.03. The van der Waals surface area contributed by atoms with Crippen molar-refractivity contribution in [3.8, 4) is 0 Å². The van der Waals surface area contributed by atoms with Gasteiger partial charge in [0, 0.05) is 23.2 Å². The molecular formula is C49H84O19. The molecular weight excluding hydrogens is 893 g/mol. The smallest absolute Gasteiger partial charge is 0.187 e. The van der Waals surface area contributed by atoms with E-state index in [-0.39, 0.29) is 35.5 Å². The molecule has 26 unspecified atom stereocenters. The number of aliphatic hydroxyl groups is 13. The third-order valence-corrected chi connectivity index (χ3v) is 19.2. The molecule has 394 valence electrons. The van der Waals surface area contributed by atoms with Gasteiger partial charge in [-0.1, -0.05) is 60.1 Å². The number of ether oxygens (including phenoxy) is 6. The molecule has 0 spiro atoms. The van der Waals surface area contributed by atoms with Crippen molar-refractivity contribution in [1.29, 1.82) is 0 Å². The van der Waals surface area contributed by atoms with E-state index in [1.165, 1.54) is 13.8 Å². The minimum absolute atomic E-state index is 0.0136. The first kappa shape index (κ1) is 54.7. The van der Waals surface area contributed by atoms with Gasteiger partial charge in [-0.3, -0.25) is 0 Å². The number of rotatable bonds is 14. The van der Waals surface area contributed by atoms with Gasteiger partial charge in [0.05, 0.1) is 62.0 Å². The normalized spacial score (nSPS) is 50.9. The molecule has 0 aromatic heterocycles. The Hall–Kier alpha value is -1.02. The number of aliphatic hydroxyl groups excluding tert-OH is 12. The summed E-state index contributed by atoms with van der Waals surface area (Å²) >= 11 is 0. The van der Waals surface area contributed by atoms with Crippen LogP contribution in [0.2, 0.25) is 0 Å². The highest BCUT2D eigenvalue weighted by molar-refractivity contribution is 5.32. The third kappa shape index (κ3) is 9.21. The van der Waals surface area contributed by atoms with Gasteiger partial charge in [0.15, 0.2) is 18.9 Å². The minimum Gasteiger partial charge on any atom is -0.394 e. The highest BCUT2D eigenvalue weighted by Crippen LogP contribution is 2.75. The summed E-state index contributed by atoms with van der Waals surface area (Å²) in [5.74, 6) is -0.899. The first-order valence-corrected chi connectivity index (χ1v) is 24.9. The molecule has 0 aromatic rings. The summed E-state index contributed by atoms with van der Waals surface area (Å²) in [7, 11) is 0. The van der Waals surface area contributed by atoms with Crippen LogP contribution in [0.25, 0.3) is 0 Å². The maximum Gasteiger partial charge on any atom is 0.187 e. The average molecular weight is 977 g/mol. The minimum atomic E-state index is -1.78. The number of fused-ring (bicyclic) bond motifs is 5. The summed E-state index contributed by atoms with van der Waals surface area (Å²) in [5, 5.41) is 141. The zero-order valence-corrected chi connectivity index (χ0v) is 41.2. The summed E-state index contributed by atoms with van der Waals surface area (Å²) < 4.78 is 35.6. The molecule has 13 N–H and O–H groups in total. The Morgan fingerprint density at radius 3 is 1.91 bits per heavy atom. The standard InChI is InChI=1S/C49H84O19/c1-21(26(52)16-33(46(5,6)62)68-44-41(61)38(58)36(56)29(66-44)20-63-42-39(59)34(54)22(2)27(18-50)64-42)23-14-15-47(7)30-12-10-24-25(49(30,9)31(53)17-48(23,47)8)11-13-32(45(24,3)4)67-43-40(60)37(57)35(55)28(19-51)65-43/h10,21-23,25-44,50-62H,11-20H2,1-9H3. The summed E-state index contributed by atoms with van der Waals surface area (Å²) in [4.78, 5) is 0. The third-order valence-electron chi connectivity index (χ3n) is 19.2. The molecule has 68 heavy (non-hydrogen) atoms. The van der Waals surface area contributed by atoms with Crippen LogP contribution in [0.15, 0.2) is 11.6 Å². The van der Waals surface area contributed by atoms with Gasteiger partial charge in [-0.15, -0.1) is 0 Å². The topological polar surface area (TPSA) is 318 Å². The molecule has 19 nitrogen and oxygen atoms in total. The summed E-state index contributed by atoms with van der Waals surface area (Å²) in [6, 6.07) is 0. The Labute approximate surface area is 400 Å². The molecule has 19 heteroatoms. The zero-order valence-electron chi connectivity index (χ0n) is 41.2. The fraction of sp³-hybridized carbons (Fsp3) is 0.959. The second kappa shape index (κ2) is 20.0. The quantitative estimate of drug-likeness (QED) is 0.0947. The zero-order chi connectivity index (χ0) is 50.4. The van der Waals surface area contributed by atoms with Crippen molar-refractivity contribution in [1.82, 2.24) is 0 Å². The number of hydrogen-bond donors (Lipinski definition) is 13. The summed E-state index contributed by atoms with van der Waals surface area (Å²) in [6.45, 7) is 16.0. The molecule has 4 aliphatic carbocycles. The van der Waals surface area contributed by atoms with Crippen LogP contribution >= 0.6 is 0 Å². The SMILES string of the molecule is CC1C(CO)OC(OCC2OC(OC(CC(O)C(C)C3CCC4(C)C5CC=C6C(CCC(OC7OC(CO)C(O)C(O)C7O)C6(C)C)C5(C)C(O)CC34C)C(C)(C)O)C(O)C(O)C2O)C(O)C1O. The van der Waals surface area contributed by atoms with Gasteiger partial charge in [0.25, 0.3) is 0 Å². The van der Waals surface area contributed by atoms with Crippen molar-refractivity contribution in [3.63, 3.8) is 0 Å². The lowest BCUT2D eigenvalue weighted by Crippen LogP contribution is -2.65. The monoisotopic (exact) mass is 977 g/mol. The van der Waals surface area contributed by atoms with E-state index in [4.69, 9.17) is 28.4 Å². The number of allylic oxidation sites excluding steroid dienone is 1. The van der Waals surface area contributed by atoms with Gasteiger partial charge in [0.2, 0.25) is 0 Å². The molecule has 7 aliphatic rings. The molecule has 3 heterocycles. The van der Waals surface area contributed by atoms with Crippen LogP contribution in [0, 0.1) is 51.2 Å². The predicted octanol–water partition coefficient (Wildman–Crippen LogP) is -0.810. The Morgan fingerprint density at radius 1 is 0.721 bits per heavy atom. The van der Waals surface area contributed by atoms with Crippen LogP contribution in [-0.4, -0.2) is 202 Å². The van der Waals surface area contributed by atoms with E-state index < -0.39 is 158 Å². The molecule has 3 saturated carbocycles. The van der Waals surface area contributed by atoms with Crippen molar-refractivity contribution in [2.45, 2.75) is 223 Å². The van der Waals surface area contributed by atoms with Crippen LogP contribution < -0.4 is 0 Å². The van der Waals surface area contributed by atoms with E-state index in [1.807, 2.05) is 6.92 Å². The van der Waals surface area contributed by atoms with Gasteiger partial charge in [-0.05, 0) is 86.9 Å². The highest BCUT2D eigenvalue weighted by atomic mass is 16.7. The fourth-order valence-electron chi connectivity index (χ4n) is 14.3. The van der Waals surface area contributed by atoms with Crippen molar-refractivity contribution in [2.24, 2.45) is 51.2 Å². The van der Waals surface area contributed by atoms with Gasteiger partial charge >= 0.3 is 0 Å². The molecule has 7 rings (SSSR count). The largest absolute Gasteiger partial charge is 0.394 e. The lowest BCUT2D eigenvalue weighted by Gasteiger charge is -2.67.